The van der Waals surface area contributed by atoms with E-state index >= 15 is 0 Å². The molecule has 3 rings (SSSR count). The van der Waals surface area contributed by atoms with Gasteiger partial charge in [0.05, 0.1) is 0 Å². The summed E-state index contributed by atoms with van der Waals surface area (Å²) in [5.74, 6) is -2.80. The summed E-state index contributed by atoms with van der Waals surface area (Å²) < 4.78 is 54.5. The van der Waals surface area contributed by atoms with Crippen molar-refractivity contribution in [3.63, 3.8) is 0 Å². The van der Waals surface area contributed by atoms with Crippen molar-refractivity contribution in [3.8, 4) is 0 Å². The van der Waals surface area contributed by atoms with Crippen LogP contribution in [0.1, 0.15) is 0 Å². The van der Waals surface area contributed by atoms with Crippen LogP contribution in [-0.2, 0) is 0 Å². The molecule has 0 unspecified atom stereocenters. The average molecular weight is 334 g/mol. The lowest BCUT2D eigenvalue weighted by atomic mass is 10.1. The molecular weight excluding hydrogens is 320 g/mol. The van der Waals surface area contributed by atoms with Gasteiger partial charge < -0.3 is 0 Å². The Hall–Kier alpha value is -2.76. The third-order valence-corrected chi connectivity index (χ3v) is 3.93. The molecule has 6 heteroatoms. The lowest BCUT2D eigenvalue weighted by molar-refractivity contribution is 0.306. The molecule has 0 N–H and O–H groups in total. The third kappa shape index (κ3) is 2.87. The molecular formula is C18H14F4N2. The van der Waals surface area contributed by atoms with Crippen molar-refractivity contribution in [2.75, 3.05) is 14.1 Å². The SMILES string of the molecule is CN1C(F)=CC(=c2ccc(=C3C=C(F)N(C)C(F)=C3)cc2)C=C1F. The van der Waals surface area contributed by atoms with Gasteiger partial charge in [0, 0.05) is 14.1 Å². The maximum Gasteiger partial charge on any atom is 0.196 e. The highest BCUT2D eigenvalue weighted by Crippen LogP contribution is 2.23. The predicted octanol–water partition coefficient (Wildman–Crippen LogP) is 3.12. The van der Waals surface area contributed by atoms with E-state index in [2.05, 4.69) is 0 Å². The number of nitrogens with zero attached hydrogens (tertiary/aromatic N) is 2. The maximum absolute atomic E-state index is 13.6. The number of benzene rings is 1. The summed E-state index contributed by atoms with van der Waals surface area (Å²) in [5.41, 5.74) is 0.762. The van der Waals surface area contributed by atoms with Gasteiger partial charge in [-0.05, 0) is 45.9 Å². The third-order valence-electron chi connectivity index (χ3n) is 3.93. The van der Waals surface area contributed by atoms with E-state index in [1.165, 1.54) is 38.4 Å². The van der Waals surface area contributed by atoms with Gasteiger partial charge in [-0.25, -0.2) is 0 Å². The fourth-order valence-corrected chi connectivity index (χ4v) is 2.38. The fraction of sp³-hybridized carbons (Fsp3) is 0.111. The zero-order valence-electron chi connectivity index (χ0n) is 13.0. The summed E-state index contributed by atoms with van der Waals surface area (Å²) in [7, 11) is 2.58. The van der Waals surface area contributed by atoms with Crippen molar-refractivity contribution in [2.45, 2.75) is 0 Å². The number of allylic oxidation sites excluding steroid dienone is 4. The van der Waals surface area contributed by atoms with E-state index in [9.17, 15) is 17.6 Å². The molecule has 0 saturated heterocycles. The Labute approximate surface area is 136 Å². The minimum atomic E-state index is -0.700. The molecule has 0 bridgehead atoms. The highest BCUT2D eigenvalue weighted by atomic mass is 19.2. The van der Waals surface area contributed by atoms with Crippen LogP contribution in [0.15, 0.2) is 72.4 Å². The second kappa shape index (κ2) is 6.03. The second-order valence-electron chi connectivity index (χ2n) is 5.47. The Kier molecular flexibility index (Phi) is 4.05. The zero-order valence-corrected chi connectivity index (χ0v) is 13.0. The van der Waals surface area contributed by atoms with Crippen molar-refractivity contribution >= 4 is 11.1 Å². The number of hydrogen-bond donors (Lipinski definition) is 0. The van der Waals surface area contributed by atoms with Crippen LogP contribution in [0.3, 0.4) is 0 Å². The fourth-order valence-electron chi connectivity index (χ4n) is 2.38. The largest absolute Gasteiger partial charge is 0.298 e. The van der Waals surface area contributed by atoms with Crippen LogP contribution in [0.25, 0.3) is 11.1 Å². The van der Waals surface area contributed by atoms with Gasteiger partial charge >= 0.3 is 0 Å². The first-order chi connectivity index (χ1) is 11.4. The van der Waals surface area contributed by atoms with E-state index in [-0.39, 0.29) is 0 Å². The molecule has 2 heterocycles. The molecule has 0 saturated carbocycles. The van der Waals surface area contributed by atoms with Crippen molar-refractivity contribution in [1.29, 1.82) is 0 Å². The highest BCUT2D eigenvalue weighted by Gasteiger charge is 2.16. The van der Waals surface area contributed by atoms with E-state index in [1.807, 2.05) is 0 Å². The quantitative estimate of drug-likeness (QED) is 0.531. The van der Waals surface area contributed by atoms with Gasteiger partial charge in [-0.1, -0.05) is 24.3 Å². The maximum atomic E-state index is 13.6. The Morgan fingerprint density at radius 3 is 1.04 bits per heavy atom. The highest BCUT2D eigenvalue weighted by molar-refractivity contribution is 5.71. The second-order valence-corrected chi connectivity index (χ2v) is 5.47. The van der Waals surface area contributed by atoms with E-state index in [1.54, 1.807) is 24.3 Å². The summed E-state index contributed by atoms with van der Waals surface area (Å²) >= 11 is 0. The van der Waals surface area contributed by atoms with Crippen LogP contribution in [0.2, 0.25) is 0 Å². The topological polar surface area (TPSA) is 6.48 Å². The normalized spacial score (nSPS) is 18.2. The first kappa shape index (κ1) is 16.1. The smallest absolute Gasteiger partial charge is 0.196 e. The Bertz CT molecular complexity index is 794. The minimum absolute atomic E-state index is 0.381. The molecule has 0 radical (unpaired) electrons. The van der Waals surface area contributed by atoms with Crippen molar-refractivity contribution in [2.24, 2.45) is 0 Å². The molecule has 0 amide bonds. The van der Waals surface area contributed by atoms with Gasteiger partial charge in [0.1, 0.15) is 0 Å². The van der Waals surface area contributed by atoms with Crippen molar-refractivity contribution in [3.05, 3.63) is 82.8 Å². The summed E-state index contributed by atoms with van der Waals surface area (Å²) in [6.45, 7) is 0. The zero-order chi connectivity index (χ0) is 17.4. The van der Waals surface area contributed by atoms with Gasteiger partial charge in [-0.2, -0.15) is 17.6 Å². The summed E-state index contributed by atoms with van der Waals surface area (Å²) in [6.07, 6.45) is 4.89. The van der Waals surface area contributed by atoms with Crippen molar-refractivity contribution in [1.82, 2.24) is 9.80 Å². The lowest BCUT2D eigenvalue weighted by Crippen LogP contribution is -2.19. The van der Waals surface area contributed by atoms with Gasteiger partial charge in [-0.15, -0.1) is 0 Å². The molecule has 1 aromatic carbocycles. The standard InChI is InChI=1S/C18H14F4N2/c1-23-15(19)7-13(8-16(23)20)11-3-5-12(6-4-11)14-9-17(21)24(2)18(22)10-14/h3-10H,1-2H3. The first-order valence-corrected chi connectivity index (χ1v) is 7.18. The molecule has 124 valence electrons. The van der Waals surface area contributed by atoms with Gasteiger partial charge in [0.2, 0.25) is 0 Å². The lowest BCUT2D eigenvalue weighted by Gasteiger charge is -2.18. The molecule has 0 aliphatic carbocycles. The molecule has 24 heavy (non-hydrogen) atoms. The van der Waals surface area contributed by atoms with Gasteiger partial charge in [0.25, 0.3) is 0 Å². The van der Waals surface area contributed by atoms with E-state index in [4.69, 9.17) is 0 Å². The Morgan fingerprint density at radius 2 is 0.792 bits per heavy atom. The van der Waals surface area contributed by atoms with Crippen LogP contribution < -0.4 is 10.4 Å². The Balaban J connectivity index is 2.10. The molecule has 2 aliphatic heterocycles. The number of halogens is 4. The predicted molar refractivity (Wildman–Crippen MR) is 84.8 cm³/mol. The van der Waals surface area contributed by atoms with E-state index in [0.717, 1.165) is 9.80 Å². The van der Waals surface area contributed by atoms with Gasteiger partial charge in [-0.3, -0.25) is 9.80 Å². The van der Waals surface area contributed by atoms with Gasteiger partial charge in [0.15, 0.2) is 23.8 Å². The Morgan fingerprint density at radius 1 is 0.542 bits per heavy atom. The van der Waals surface area contributed by atoms with Crippen LogP contribution in [0.5, 0.6) is 0 Å². The summed E-state index contributed by atoms with van der Waals surface area (Å²) in [6, 6.07) is 6.58. The molecule has 1 aromatic rings. The monoisotopic (exact) mass is 334 g/mol. The van der Waals surface area contributed by atoms with Crippen LogP contribution in [0.4, 0.5) is 17.6 Å². The molecule has 0 atom stereocenters. The minimum Gasteiger partial charge on any atom is -0.298 e. The number of hydrogen-bond acceptors (Lipinski definition) is 2. The molecule has 0 spiro atoms. The first-order valence-electron chi connectivity index (χ1n) is 7.18. The molecule has 2 nitrogen and oxygen atoms in total. The molecule has 2 aliphatic rings. The molecule has 0 fully saturated rings. The van der Waals surface area contributed by atoms with Crippen LogP contribution in [-0.4, -0.2) is 23.9 Å². The van der Waals surface area contributed by atoms with Crippen LogP contribution in [0, 0.1) is 0 Å². The van der Waals surface area contributed by atoms with E-state index < -0.39 is 23.8 Å². The molecule has 0 aromatic heterocycles. The van der Waals surface area contributed by atoms with E-state index in [0.29, 0.717) is 21.6 Å². The average Bonchev–Trinajstić information content (AvgIpc) is 2.57. The summed E-state index contributed by atoms with van der Waals surface area (Å²) in [5, 5.41) is 1.19. The summed E-state index contributed by atoms with van der Waals surface area (Å²) in [4.78, 5) is 1.60. The van der Waals surface area contributed by atoms with Crippen LogP contribution >= 0.6 is 0 Å². The number of rotatable bonds is 0. The van der Waals surface area contributed by atoms with Crippen molar-refractivity contribution < 1.29 is 17.6 Å².